The van der Waals surface area contributed by atoms with Gasteiger partial charge in [0.05, 0.1) is 22.5 Å². The van der Waals surface area contributed by atoms with E-state index >= 15 is 0 Å². The summed E-state index contributed by atoms with van der Waals surface area (Å²) in [6.45, 7) is 2.43. The average molecular weight is 532 g/mol. The van der Waals surface area contributed by atoms with E-state index in [1.165, 1.54) is 10.8 Å². The fourth-order valence-electron chi connectivity index (χ4n) is 4.66. The molecule has 4 aromatic carbocycles. The third kappa shape index (κ3) is 4.67. The van der Waals surface area contributed by atoms with Crippen molar-refractivity contribution in [3.05, 3.63) is 124 Å². The van der Waals surface area contributed by atoms with Crippen molar-refractivity contribution in [1.29, 1.82) is 0 Å². The maximum atomic E-state index is 13.3. The van der Waals surface area contributed by atoms with Gasteiger partial charge in [-0.15, -0.1) is 0 Å². The Morgan fingerprint density at radius 3 is 2.50 bits per heavy atom. The van der Waals surface area contributed by atoms with Gasteiger partial charge < -0.3 is 19.9 Å². The number of rotatable bonds is 6. The number of benzene rings is 4. The molecule has 40 heavy (non-hydrogen) atoms. The smallest absolute Gasteiger partial charge is 0.265 e. The maximum Gasteiger partial charge on any atom is 0.265 e. The molecule has 0 saturated carbocycles. The molecule has 0 aliphatic carbocycles. The summed E-state index contributed by atoms with van der Waals surface area (Å²) in [4.78, 5) is 31.1. The van der Waals surface area contributed by atoms with Crippen LogP contribution >= 0.6 is 0 Å². The second-order valence-electron chi connectivity index (χ2n) is 9.40. The van der Waals surface area contributed by atoms with Crippen molar-refractivity contribution >= 4 is 28.6 Å². The van der Waals surface area contributed by atoms with Crippen molar-refractivity contribution in [2.45, 2.75) is 13.5 Å². The van der Waals surface area contributed by atoms with Crippen molar-refractivity contribution in [2.75, 3.05) is 6.79 Å². The molecule has 1 aromatic heterocycles. The number of nitrogens with zero attached hydrogens (tertiary/aromatic N) is 2. The lowest BCUT2D eigenvalue weighted by Crippen LogP contribution is -2.22. The lowest BCUT2D eigenvalue weighted by atomic mass is 10.1. The van der Waals surface area contributed by atoms with Crippen molar-refractivity contribution in [2.24, 2.45) is 4.99 Å². The quantitative estimate of drug-likeness (QED) is 0.285. The predicted molar refractivity (Wildman–Crippen MR) is 153 cm³/mol. The van der Waals surface area contributed by atoms with Crippen molar-refractivity contribution in [3.8, 4) is 23.1 Å². The molecule has 0 saturated heterocycles. The second kappa shape index (κ2) is 10.4. The summed E-state index contributed by atoms with van der Waals surface area (Å²) in [6, 6.07) is 26.9. The van der Waals surface area contributed by atoms with Gasteiger partial charge in [0.2, 0.25) is 12.7 Å². The molecule has 8 nitrogen and oxygen atoms in total. The van der Waals surface area contributed by atoms with Crippen LogP contribution in [0.4, 0.5) is 5.69 Å². The van der Waals surface area contributed by atoms with Crippen LogP contribution in [-0.4, -0.2) is 28.6 Å². The summed E-state index contributed by atoms with van der Waals surface area (Å²) < 4.78 is 12.0. The maximum absolute atomic E-state index is 13.3. The molecule has 1 aliphatic heterocycles. The third-order valence-corrected chi connectivity index (χ3v) is 6.77. The Kier molecular flexibility index (Phi) is 6.49. The van der Waals surface area contributed by atoms with Gasteiger partial charge in [-0.25, -0.2) is 4.57 Å². The number of fused-ring (bicyclic) bond motifs is 2. The van der Waals surface area contributed by atoms with E-state index in [1.54, 1.807) is 60.7 Å². The molecule has 198 valence electrons. The highest BCUT2D eigenvalue weighted by atomic mass is 16.7. The molecule has 0 spiro atoms. The molecule has 6 rings (SSSR count). The van der Waals surface area contributed by atoms with Gasteiger partial charge >= 0.3 is 0 Å². The zero-order chi connectivity index (χ0) is 27.6. The van der Waals surface area contributed by atoms with E-state index in [-0.39, 0.29) is 24.1 Å². The van der Waals surface area contributed by atoms with Gasteiger partial charge in [0, 0.05) is 23.5 Å². The molecule has 0 fully saturated rings. The molecule has 1 aliphatic rings. The van der Waals surface area contributed by atoms with Crippen LogP contribution in [0.5, 0.6) is 17.4 Å². The minimum Gasteiger partial charge on any atom is -0.494 e. The largest absolute Gasteiger partial charge is 0.494 e. The number of hydrogen-bond acceptors (Lipinski definition) is 6. The zero-order valence-corrected chi connectivity index (χ0v) is 21.6. The van der Waals surface area contributed by atoms with Gasteiger partial charge in [0.1, 0.15) is 0 Å². The highest BCUT2D eigenvalue weighted by Crippen LogP contribution is 2.32. The van der Waals surface area contributed by atoms with Crippen molar-refractivity contribution < 1.29 is 19.4 Å². The summed E-state index contributed by atoms with van der Waals surface area (Å²) in [6.07, 6.45) is 1.49. The lowest BCUT2D eigenvalue weighted by molar-refractivity contribution is 0.0951. The number of aliphatic imine (C=N–C) groups is 1. The van der Waals surface area contributed by atoms with Crippen molar-refractivity contribution in [3.63, 3.8) is 0 Å². The molecule has 5 aromatic rings. The van der Waals surface area contributed by atoms with Gasteiger partial charge in [-0.1, -0.05) is 54.1 Å². The van der Waals surface area contributed by atoms with E-state index < -0.39 is 0 Å². The van der Waals surface area contributed by atoms with Gasteiger partial charge in [0.25, 0.3) is 11.5 Å². The fraction of sp³-hybridized carbons (Fsp3) is 0.0938. The van der Waals surface area contributed by atoms with Crippen LogP contribution in [0.1, 0.15) is 27.0 Å². The zero-order valence-electron chi connectivity index (χ0n) is 21.6. The first-order chi connectivity index (χ1) is 19.5. The Bertz CT molecular complexity index is 1840. The summed E-state index contributed by atoms with van der Waals surface area (Å²) in [5.41, 5.74) is 3.26. The van der Waals surface area contributed by atoms with E-state index in [9.17, 15) is 14.7 Å². The number of aromatic hydroxyl groups is 1. The van der Waals surface area contributed by atoms with E-state index in [4.69, 9.17) is 9.47 Å². The number of carbonyl (C=O) groups excluding carboxylic acids is 1. The van der Waals surface area contributed by atoms with Crippen LogP contribution in [0.25, 0.3) is 16.5 Å². The number of para-hydroxylation sites is 1. The Labute approximate surface area is 229 Å². The highest BCUT2D eigenvalue weighted by molar-refractivity contribution is 6.04. The SMILES string of the molecule is Cc1ccc(-n2c(O)c(C=Nc3ccccc3C(=O)NCc3ccc4c(c3)OCO4)c3ccccc3c2=O)cc1. The summed E-state index contributed by atoms with van der Waals surface area (Å²) in [5.74, 6) is 0.792. The summed E-state index contributed by atoms with van der Waals surface area (Å²) in [5, 5.41) is 15.2. The fourth-order valence-corrected chi connectivity index (χ4v) is 4.66. The van der Waals surface area contributed by atoms with Gasteiger partial charge in [-0.05, 0) is 55.0 Å². The standard InChI is InChI=1S/C32H25N3O5/c1-20-10-13-22(14-11-20)35-31(37)24-7-3-2-6-23(24)26(32(35)38)18-33-27-9-5-4-8-25(27)30(36)34-17-21-12-15-28-29(16-21)40-19-39-28/h2-16,18,38H,17,19H2,1H3,(H,34,36). The second-order valence-corrected chi connectivity index (χ2v) is 9.40. The molecule has 2 heterocycles. The average Bonchev–Trinajstić information content (AvgIpc) is 3.45. The topological polar surface area (TPSA) is 102 Å². The van der Waals surface area contributed by atoms with Crippen LogP contribution in [0.2, 0.25) is 0 Å². The lowest BCUT2D eigenvalue weighted by Gasteiger charge is -2.14. The molecule has 0 unspecified atom stereocenters. The first-order valence-electron chi connectivity index (χ1n) is 12.7. The first-order valence-corrected chi connectivity index (χ1v) is 12.7. The van der Waals surface area contributed by atoms with Crippen molar-refractivity contribution in [1.82, 2.24) is 9.88 Å². The van der Waals surface area contributed by atoms with Gasteiger partial charge in [0.15, 0.2) is 11.5 Å². The Balaban J connectivity index is 1.34. The molecule has 2 N–H and O–H groups in total. The number of ether oxygens (including phenoxy) is 2. The van der Waals surface area contributed by atoms with E-state index in [2.05, 4.69) is 10.3 Å². The van der Waals surface area contributed by atoms with Crippen LogP contribution in [0, 0.1) is 6.92 Å². The van der Waals surface area contributed by atoms with Gasteiger partial charge in [-0.2, -0.15) is 0 Å². The van der Waals surface area contributed by atoms with E-state index in [0.29, 0.717) is 51.3 Å². The van der Waals surface area contributed by atoms with Gasteiger partial charge in [-0.3, -0.25) is 14.6 Å². The van der Waals surface area contributed by atoms with Crippen LogP contribution in [0.3, 0.4) is 0 Å². The molecule has 0 bridgehead atoms. The number of aryl methyl sites for hydroxylation is 1. The minimum atomic E-state index is -0.336. The van der Waals surface area contributed by atoms with Crippen LogP contribution < -0.4 is 20.3 Å². The van der Waals surface area contributed by atoms with Crippen LogP contribution in [0.15, 0.2) is 101 Å². The molecule has 8 heteroatoms. The molecule has 1 amide bonds. The Hall–Kier alpha value is -5.37. The third-order valence-electron chi connectivity index (χ3n) is 6.77. The number of aromatic nitrogens is 1. The number of pyridine rings is 1. The number of hydrogen-bond donors (Lipinski definition) is 2. The number of nitrogens with one attached hydrogen (secondary N) is 1. The Morgan fingerprint density at radius 2 is 1.68 bits per heavy atom. The Morgan fingerprint density at radius 1 is 0.950 bits per heavy atom. The van der Waals surface area contributed by atoms with E-state index in [0.717, 1.165) is 11.1 Å². The molecular formula is C32H25N3O5. The normalized spacial score (nSPS) is 12.2. The molecule has 0 atom stereocenters. The number of carbonyl (C=O) groups is 1. The number of amides is 1. The molecule has 0 radical (unpaired) electrons. The first kappa shape index (κ1) is 24.9. The van der Waals surface area contributed by atoms with Crippen LogP contribution in [-0.2, 0) is 6.54 Å². The minimum absolute atomic E-state index is 0.184. The van der Waals surface area contributed by atoms with E-state index in [1.807, 2.05) is 37.3 Å². The highest BCUT2D eigenvalue weighted by Gasteiger charge is 2.18. The monoisotopic (exact) mass is 531 g/mol. The predicted octanol–water partition coefficient (Wildman–Crippen LogP) is 5.41. The summed E-state index contributed by atoms with van der Waals surface area (Å²) in [7, 11) is 0. The summed E-state index contributed by atoms with van der Waals surface area (Å²) >= 11 is 0. The molecular weight excluding hydrogens is 506 g/mol.